The smallest absolute Gasteiger partial charge is 0.237 e. The molecule has 0 spiro atoms. The molecule has 0 radical (unpaired) electrons. The Kier molecular flexibility index (Phi) is 5.69. The van der Waals surface area contributed by atoms with Gasteiger partial charge in [-0.2, -0.15) is 0 Å². The lowest BCUT2D eigenvalue weighted by atomic mass is 10.2. The number of hydrogen-bond donors (Lipinski definition) is 1. The zero-order chi connectivity index (χ0) is 16.1. The Hall–Kier alpha value is -1.72. The summed E-state index contributed by atoms with van der Waals surface area (Å²) >= 11 is 1.71. The molecule has 0 fully saturated rings. The molecule has 3 nitrogen and oxygen atoms in total. The molecule has 2 rings (SSSR count). The molecule has 0 aliphatic carbocycles. The van der Waals surface area contributed by atoms with Gasteiger partial charge in [0.1, 0.15) is 5.82 Å². The van der Waals surface area contributed by atoms with Crippen LogP contribution in [0.15, 0.2) is 35.7 Å². The van der Waals surface area contributed by atoms with Gasteiger partial charge in [-0.15, -0.1) is 11.3 Å². The van der Waals surface area contributed by atoms with Gasteiger partial charge in [0.15, 0.2) is 0 Å². The summed E-state index contributed by atoms with van der Waals surface area (Å²) in [6, 6.07) is 8.03. The maximum atomic E-state index is 12.8. The van der Waals surface area contributed by atoms with Crippen LogP contribution in [0.5, 0.6) is 0 Å². The Bertz CT molecular complexity index is 624. The second-order valence-corrected chi connectivity index (χ2v) is 6.46. The van der Waals surface area contributed by atoms with E-state index in [2.05, 4.69) is 23.7 Å². The molecule has 5 heteroatoms. The number of carbonyl (C=O) groups is 1. The van der Waals surface area contributed by atoms with Crippen molar-refractivity contribution >= 4 is 17.2 Å². The lowest BCUT2D eigenvalue weighted by molar-refractivity contribution is -0.125. The van der Waals surface area contributed by atoms with Gasteiger partial charge in [-0.1, -0.05) is 12.1 Å². The fourth-order valence-corrected chi connectivity index (χ4v) is 3.04. The summed E-state index contributed by atoms with van der Waals surface area (Å²) in [6.07, 6.45) is 0. The number of nitrogens with zero attached hydrogens (tertiary/aromatic N) is 1. The van der Waals surface area contributed by atoms with Gasteiger partial charge in [0.2, 0.25) is 5.91 Å². The molecule has 0 aliphatic heterocycles. The third-order valence-corrected chi connectivity index (χ3v) is 4.79. The fourth-order valence-electron chi connectivity index (χ4n) is 2.07. The van der Waals surface area contributed by atoms with Gasteiger partial charge >= 0.3 is 0 Å². The lowest BCUT2D eigenvalue weighted by Gasteiger charge is -2.23. The van der Waals surface area contributed by atoms with Gasteiger partial charge in [0, 0.05) is 18.0 Å². The highest BCUT2D eigenvalue weighted by atomic mass is 32.1. The van der Waals surface area contributed by atoms with E-state index < -0.39 is 0 Å². The van der Waals surface area contributed by atoms with Crippen molar-refractivity contribution in [1.29, 1.82) is 0 Å². The number of likely N-dealkylation sites (N-methyl/N-ethyl adjacent to an activating group) is 1. The van der Waals surface area contributed by atoms with Gasteiger partial charge in [-0.25, -0.2) is 4.39 Å². The molecular formula is C17H21FN2OS. The van der Waals surface area contributed by atoms with E-state index in [0.29, 0.717) is 6.54 Å². The Labute approximate surface area is 134 Å². The van der Waals surface area contributed by atoms with Crippen molar-refractivity contribution in [3.63, 3.8) is 0 Å². The number of rotatable bonds is 6. The Morgan fingerprint density at radius 3 is 2.59 bits per heavy atom. The van der Waals surface area contributed by atoms with E-state index >= 15 is 0 Å². The normalized spacial score (nSPS) is 12.4. The van der Waals surface area contributed by atoms with E-state index in [1.807, 2.05) is 18.9 Å². The standard InChI is InChI=1S/C17H21FN2OS/c1-12-8-9-22-16(12)11-20(3)13(2)17(21)19-10-14-4-6-15(18)7-5-14/h4-9,13H,10-11H2,1-3H3,(H,19,21). The van der Waals surface area contributed by atoms with E-state index in [-0.39, 0.29) is 17.8 Å². The molecular weight excluding hydrogens is 299 g/mol. The van der Waals surface area contributed by atoms with Gasteiger partial charge in [-0.3, -0.25) is 9.69 Å². The van der Waals surface area contributed by atoms with E-state index in [9.17, 15) is 9.18 Å². The van der Waals surface area contributed by atoms with Crippen molar-refractivity contribution in [2.75, 3.05) is 7.05 Å². The minimum atomic E-state index is -0.269. The monoisotopic (exact) mass is 320 g/mol. The highest BCUT2D eigenvalue weighted by Crippen LogP contribution is 2.18. The van der Waals surface area contributed by atoms with Gasteiger partial charge < -0.3 is 5.32 Å². The topological polar surface area (TPSA) is 32.3 Å². The summed E-state index contributed by atoms with van der Waals surface area (Å²) in [5.74, 6) is -0.296. The second-order valence-electron chi connectivity index (χ2n) is 5.46. The van der Waals surface area contributed by atoms with E-state index in [4.69, 9.17) is 0 Å². The number of carbonyl (C=O) groups excluding carboxylic acids is 1. The van der Waals surface area contributed by atoms with Crippen molar-refractivity contribution in [2.45, 2.75) is 33.0 Å². The largest absolute Gasteiger partial charge is 0.351 e. The summed E-state index contributed by atoms with van der Waals surface area (Å²) in [6.45, 7) is 5.14. The van der Waals surface area contributed by atoms with Gasteiger partial charge in [0.05, 0.1) is 6.04 Å². The van der Waals surface area contributed by atoms with Gasteiger partial charge in [-0.05, 0) is 55.6 Å². The SMILES string of the molecule is Cc1ccsc1CN(C)C(C)C(=O)NCc1ccc(F)cc1. The van der Waals surface area contributed by atoms with Crippen LogP contribution < -0.4 is 5.32 Å². The van der Waals surface area contributed by atoms with Crippen molar-refractivity contribution in [3.05, 3.63) is 57.5 Å². The first-order chi connectivity index (χ1) is 10.5. The minimum Gasteiger partial charge on any atom is -0.351 e. The predicted octanol–water partition coefficient (Wildman–Crippen LogP) is 3.33. The molecule has 1 aromatic heterocycles. The number of thiophene rings is 1. The Morgan fingerprint density at radius 2 is 2.00 bits per heavy atom. The number of amides is 1. The van der Waals surface area contributed by atoms with Crippen LogP contribution in [0.25, 0.3) is 0 Å². The molecule has 1 aromatic carbocycles. The van der Waals surface area contributed by atoms with Crippen LogP contribution >= 0.6 is 11.3 Å². The van der Waals surface area contributed by atoms with Crippen LogP contribution in [0.1, 0.15) is 22.9 Å². The van der Waals surface area contributed by atoms with Crippen LogP contribution in [0.3, 0.4) is 0 Å². The van der Waals surface area contributed by atoms with E-state index in [1.165, 1.54) is 22.6 Å². The van der Waals surface area contributed by atoms with E-state index in [1.54, 1.807) is 23.5 Å². The molecule has 1 atom stereocenters. The predicted molar refractivity (Wildman–Crippen MR) is 88.2 cm³/mol. The van der Waals surface area contributed by atoms with E-state index in [0.717, 1.165) is 12.1 Å². The zero-order valence-corrected chi connectivity index (χ0v) is 13.9. The van der Waals surface area contributed by atoms with Crippen LogP contribution in [0.2, 0.25) is 0 Å². The summed E-state index contributed by atoms with van der Waals surface area (Å²) in [5.41, 5.74) is 2.15. The summed E-state index contributed by atoms with van der Waals surface area (Å²) in [7, 11) is 1.95. The summed E-state index contributed by atoms with van der Waals surface area (Å²) < 4.78 is 12.8. The van der Waals surface area contributed by atoms with Crippen LogP contribution in [-0.2, 0) is 17.9 Å². The first kappa shape index (κ1) is 16.6. The third kappa shape index (κ3) is 4.39. The second kappa shape index (κ2) is 7.51. The summed E-state index contributed by atoms with van der Waals surface area (Å²) in [4.78, 5) is 15.5. The molecule has 0 bridgehead atoms. The maximum Gasteiger partial charge on any atom is 0.237 e. The summed E-state index contributed by atoms with van der Waals surface area (Å²) in [5, 5.41) is 4.96. The fraction of sp³-hybridized carbons (Fsp3) is 0.353. The van der Waals surface area contributed by atoms with Crippen molar-refractivity contribution in [3.8, 4) is 0 Å². The average molecular weight is 320 g/mol. The highest BCUT2D eigenvalue weighted by Gasteiger charge is 2.18. The molecule has 118 valence electrons. The van der Waals surface area contributed by atoms with Crippen molar-refractivity contribution in [2.24, 2.45) is 0 Å². The number of nitrogens with one attached hydrogen (secondary N) is 1. The van der Waals surface area contributed by atoms with Crippen molar-refractivity contribution in [1.82, 2.24) is 10.2 Å². The molecule has 0 saturated carbocycles. The number of aryl methyl sites for hydroxylation is 1. The average Bonchev–Trinajstić information content (AvgIpc) is 2.90. The molecule has 1 unspecified atom stereocenters. The maximum absolute atomic E-state index is 12.8. The minimum absolute atomic E-state index is 0.0268. The first-order valence-electron chi connectivity index (χ1n) is 7.22. The molecule has 2 aromatic rings. The number of halogens is 1. The molecule has 1 amide bonds. The Balaban J connectivity index is 1.85. The van der Waals surface area contributed by atoms with Crippen LogP contribution in [0.4, 0.5) is 4.39 Å². The molecule has 1 heterocycles. The number of hydrogen-bond acceptors (Lipinski definition) is 3. The first-order valence-corrected chi connectivity index (χ1v) is 8.10. The Morgan fingerprint density at radius 1 is 1.32 bits per heavy atom. The molecule has 0 saturated heterocycles. The van der Waals surface area contributed by atoms with Crippen molar-refractivity contribution < 1.29 is 9.18 Å². The van der Waals surface area contributed by atoms with Gasteiger partial charge in [0.25, 0.3) is 0 Å². The molecule has 22 heavy (non-hydrogen) atoms. The zero-order valence-electron chi connectivity index (χ0n) is 13.1. The number of benzene rings is 1. The quantitative estimate of drug-likeness (QED) is 0.885. The third-order valence-electron chi connectivity index (χ3n) is 3.78. The van der Waals surface area contributed by atoms with Crippen LogP contribution in [-0.4, -0.2) is 23.9 Å². The molecule has 1 N–H and O–H groups in total. The highest BCUT2D eigenvalue weighted by molar-refractivity contribution is 7.10. The van der Waals surface area contributed by atoms with Crippen LogP contribution in [0, 0.1) is 12.7 Å². The molecule has 0 aliphatic rings. The lowest BCUT2D eigenvalue weighted by Crippen LogP contribution is -2.42.